The Kier molecular flexibility index (Phi) is 8.54. The van der Waals surface area contributed by atoms with E-state index in [1.165, 1.54) is 0 Å². The summed E-state index contributed by atoms with van der Waals surface area (Å²) in [6.45, 7) is 8.15. The highest BCUT2D eigenvalue weighted by Crippen LogP contribution is 2.44. The third-order valence-electron chi connectivity index (χ3n) is 6.32. The molecule has 2 amide bonds. The zero-order valence-corrected chi connectivity index (χ0v) is 21.0. The lowest BCUT2D eigenvalue weighted by atomic mass is 9.88. The van der Waals surface area contributed by atoms with E-state index in [0.29, 0.717) is 12.8 Å². The number of amides is 2. The fourth-order valence-electron chi connectivity index (χ4n) is 4.38. The van der Waals surface area contributed by atoms with Crippen molar-refractivity contribution in [2.45, 2.75) is 71.4 Å². The van der Waals surface area contributed by atoms with Crippen LogP contribution in [0.2, 0.25) is 0 Å². The molecular formula is C28H36N2O5. The van der Waals surface area contributed by atoms with Gasteiger partial charge in [-0.2, -0.15) is 0 Å². The highest BCUT2D eigenvalue weighted by molar-refractivity contribution is 5.86. The molecule has 1 aliphatic rings. The maximum atomic E-state index is 12.9. The maximum absolute atomic E-state index is 12.9. The summed E-state index contributed by atoms with van der Waals surface area (Å²) in [5.41, 5.74) is 4.52. The topological polar surface area (TPSA) is 105 Å². The number of hydrogen-bond acceptors (Lipinski definition) is 4. The molecule has 1 aliphatic carbocycles. The smallest absolute Gasteiger partial charge is 0.407 e. The van der Waals surface area contributed by atoms with Crippen LogP contribution < -0.4 is 10.6 Å². The fraction of sp³-hybridized carbons (Fsp3) is 0.464. The Balaban J connectivity index is 1.64. The van der Waals surface area contributed by atoms with Crippen LogP contribution in [-0.2, 0) is 14.3 Å². The average molecular weight is 481 g/mol. The van der Waals surface area contributed by atoms with Crippen molar-refractivity contribution in [3.8, 4) is 11.1 Å². The second-order valence-electron chi connectivity index (χ2n) is 10.5. The largest absolute Gasteiger partial charge is 0.481 e. The molecule has 188 valence electrons. The number of ether oxygens (including phenoxy) is 1. The standard InChI is InChI=1S/C28H36N2O5/c1-18(13-14-25(31)32)29-26(33)24(15-16-28(2,3)4)30-27(34)35-17-23-21-11-7-5-9-19(21)20-10-6-8-12-22(20)23/h5-12,18,23-24H,13-17H2,1-4H3,(H,29,33)(H,30,34)(H,31,32). The van der Waals surface area contributed by atoms with Gasteiger partial charge < -0.3 is 20.5 Å². The number of nitrogens with one attached hydrogen (secondary N) is 2. The number of rotatable bonds is 10. The Morgan fingerprint density at radius 2 is 1.51 bits per heavy atom. The quantitative estimate of drug-likeness (QED) is 0.439. The van der Waals surface area contributed by atoms with Crippen molar-refractivity contribution in [1.82, 2.24) is 10.6 Å². The van der Waals surface area contributed by atoms with Crippen LogP contribution in [0.3, 0.4) is 0 Å². The van der Waals surface area contributed by atoms with E-state index in [2.05, 4.69) is 55.7 Å². The number of alkyl carbamates (subject to hydrolysis) is 1. The second kappa shape index (κ2) is 11.4. The lowest BCUT2D eigenvalue weighted by Crippen LogP contribution is -2.49. The van der Waals surface area contributed by atoms with Gasteiger partial charge in [0, 0.05) is 18.4 Å². The first-order chi connectivity index (χ1) is 16.5. The van der Waals surface area contributed by atoms with Gasteiger partial charge in [-0.3, -0.25) is 9.59 Å². The number of carbonyl (C=O) groups is 3. The third-order valence-corrected chi connectivity index (χ3v) is 6.32. The van der Waals surface area contributed by atoms with Gasteiger partial charge in [0.25, 0.3) is 0 Å². The molecule has 3 rings (SSSR count). The van der Waals surface area contributed by atoms with Gasteiger partial charge >= 0.3 is 12.1 Å². The maximum Gasteiger partial charge on any atom is 0.407 e. The average Bonchev–Trinajstić information content (AvgIpc) is 3.12. The normalized spacial score (nSPS) is 14.4. The summed E-state index contributed by atoms with van der Waals surface area (Å²) in [4.78, 5) is 36.5. The summed E-state index contributed by atoms with van der Waals surface area (Å²) in [5, 5.41) is 14.5. The zero-order valence-electron chi connectivity index (χ0n) is 21.0. The number of carbonyl (C=O) groups excluding carboxylic acids is 2. The van der Waals surface area contributed by atoms with Crippen molar-refractivity contribution >= 4 is 18.0 Å². The van der Waals surface area contributed by atoms with Gasteiger partial charge in [-0.05, 0) is 53.9 Å². The van der Waals surface area contributed by atoms with Crippen molar-refractivity contribution in [3.05, 3.63) is 59.7 Å². The lowest BCUT2D eigenvalue weighted by Gasteiger charge is -2.25. The van der Waals surface area contributed by atoms with Gasteiger partial charge in [-0.1, -0.05) is 69.3 Å². The van der Waals surface area contributed by atoms with Crippen LogP contribution in [0.25, 0.3) is 11.1 Å². The molecule has 3 N–H and O–H groups in total. The fourth-order valence-corrected chi connectivity index (χ4v) is 4.38. The van der Waals surface area contributed by atoms with Gasteiger partial charge in [0.05, 0.1) is 0 Å². The summed E-state index contributed by atoms with van der Waals surface area (Å²) in [5.74, 6) is -1.31. The van der Waals surface area contributed by atoms with Crippen LogP contribution in [0.4, 0.5) is 4.79 Å². The van der Waals surface area contributed by atoms with Crippen LogP contribution in [0, 0.1) is 5.41 Å². The van der Waals surface area contributed by atoms with Gasteiger partial charge in [-0.15, -0.1) is 0 Å². The number of fused-ring (bicyclic) bond motifs is 3. The molecule has 0 spiro atoms. The van der Waals surface area contributed by atoms with Crippen LogP contribution in [-0.4, -0.2) is 41.8 Å². The molecule has 7 nitrogen and oxygen atoms in total. The summed E-state index contributed by atoms with van der Waals surface area (Å²) in [7, 11) is 0. The summed E-state index contributed by atoms with van der Waals surface area (Å²) in [6, 6.07) is 15.1. The van der Waals surface area contributed by atoms with Gasteiger partial charge in [-0.25, -0.2) is 4.79 Å². The first-order valence-electron chi connectivity index (χ1n) is 12.2. The summed E-state index contributed by atoms with van der Waals surface area (Å²) in [6.07, 6.45) is 0.814. The van der Waals surface area contributed by atoms with E-state index in [0.717, 1.165) is 28.7 Å². The molecule has 0 bridgehead atoms. The predicted octanol–water partition coefficient (Wildman–Crippen LogP) is 5.09. The van der Waals surface area contributed by atoms with Crippen molar-refractivity contribution in [2.75, 3.05) is 6.61 Å². The molecule has 2 aromatic rings. The number of carboxylic acid groups (broad SMARTS) is 1. The van der Waals surface area contributed by atoms with Crippen molar-refractivity contribution in [1.29, 1.82) is 0 Å². The molecule has 35 heavy (non-hydrogen) atoms. The Morgan fingerprint density at radius 3 is 2.06 bits per heavy atom. The molecule has 0 heterocycles. The highest BCUT2D eigenvalue weighted by Gasteiger charge is 2.30. The molecule has 0 radical (unpaired) electrons. The Morgan fingerprint density at radius 1 is 0.943 bits per heavy atom. The van der Waals surface area contributed by atoms with Crippen LogP contribution in [0.1, 0.15) is 70.4 Å². The Hall–Kier alpha value is -3.35. The molecule has 2 atom stereocenters. The molecule has 0 aromatic heterocycles. The van der Waals surface area contributed by atoms with E-state index in [-0.39, 0.29) is 36.3 Å². The predicted molar refractivity (Wildman–Crippen MR) is 135 cm³/mol. The minimum absolute atomic E-state index is 0.0176. The second-order valence-corrected chi connectivity index (χ2v) is 10.5. The van der Waals surface area contributed by atoms with E-state index in [4.69, 9.17) is 9.84 Å². The number of hydrogen-bond donors (Lipinski definition) is 3. The van der Waals surface area contributed by atoms with Crippen molar-refractivity contribution < 1.29 is 24.2 Å². The minimum Gasteiger partial charge on any atom is -0.481 e. The van der Waals surface area contributed by atoms with Crippen molar-refractivity contribution in [3.63, 3.8) is 0 Å². The SMILES string of the molecule is CC(CCC(=O)O)NC(=O)C(CCC(C)(C)C)NC(=O)OCC1c2ccccc2-c2ccccc21. The van der Waals surface area contributed by atoms with Gasteiger partial charge in [0.2, 0.25) is 5.91 Å². The molecule has 0 fully saturated rings. The van der Waals surface area contributed by atoms with Crippen LogP contribution >= 0.6 is 0 Å². The number of carboxylic acids is 1. The zero-order chi connectivity index (χ0) is 25.6. The van der Waals surface area contributed by atoms with E-state index in [1.54, 1.807) is 6.92 Å². The first-order valence-corrected chi connectivity index (χ1v) is 12.2. The van der Waals surface area contributed by atoms with Crippen molar-refractivity contribution in [2.24, 2.45) is 5.41 Å². The molecule has 2 unspecified atom stereocenters. The third kappa shape index (κ3) is 7.31. The molecule has 0 saturated heterocycles. The molecule has 0 aliphatic heterocycles. The highest BCUT2D eigenvalue weighted by atomic mass is 16.5. The van der Waals surface area contributed by atoms with E-state index < -0.39 is 18.1 Å². The summed E-state index contributed by atoms with van der Waals surface area (Å²) < 4.78 is 5.63. The lowest BCUT2D eigenvalue weighted by molar-refractivity contribution is -0.137. The minimum atomic E-state index is -0.910. The summed E-state index contributed by atoms with van der Waals surface area (Å²) >= 11 is 0. The number of aliphatic carboxylic acids is 1. The van der Waals surface area contributed by atoms with Crippen LogP contribution in [0.15, 0.2) is 48.5 Å². The number of benzene rings is 2. The van der Waals surface area contributed by atoms with Gasteiger partial charge in [0.1, 0.15) is 12.6 Å². The monoisotopic (exact) mass is 480 g/mol. The molecular weight excluding hydrogens is 444 g/mol. The van der Waals surface area contributed by atoms with E-state index in [1.807, 2.05) is 24.3 Å². The Bertz CT molecular complexity index is 1010. The van der Waals surface area contributed by atoms with Gasteiger partial charge in [0.15, 0.2) is 0 Å². The molecule has 2 aromatic carbocycles. The van der Waals surface area contributed by atoms with E-state index >= 15 is 0 Å². The van der Waals surface area contributed by atoms with Crippen LogP contribution in [0.5, 0.6) is 0 Å². The molecule has 0 saturated carbocycles. The Labute approximate surface area is 207 Å². The molecule has 7 heteroatoms. The van der Waals surface area contributed by atoms with E-state index in [9.17, 15) is 14.4 Å². The first kappa shape index (κ1) is 26.3.